The second-order valence-electron chi connectivity index (χ2n) is 4.33. The molecule has 98 valence electrons. The zero-order valence-corrected chi connectivity index (χ0v) is 10.7. The number of halogens is 1. The molecule has 2 aromatic rings. The van der Waals surface area contributed by atoms with E-state index in [1.165, 1.54) is 6.07 Å². The number of carboxylic acids is 1. The van der Waals surface area contributed by atoms with E-state index in [9.17, 15) is 4.79 Å². The van der Waals surface area contributed by atoms with Crippen molar-refractivity contribution in [2.24, 2.45) is 0 Å². The lowest BCUT2D eigenvalue weighted by Gasteiger charge is -2.25. The number of nitrogens with zero attached hydrogens (tertiary/aromatic N) is 2. The normalized spacial score (nSPS) is 18.1. The number of carbonyl (C=O) groups is 1. The summed E-state index contributed by atoms with van der Waals surface area (Å²) in [7, 11) is 0. The van der Waals surface area contributed by atoms with Crippen molar-refractivity contribution in [2.75, 3.05) is 0 Å². The lowest BCUT2D eigenvalue weighted by molar-refractivity contribution is -0.00117. The third-order valence-electron chi connectivity index (χ3n) is 3.11. The van der Waals surface area contributed by atoms with E-state index >= 15 is 0 Å². The first-order valence-electron chi connectivity index (χ1n) is 5.81. The molecule has 2 heterocycles. The van der Waals surface area contributed by atoms with Gasteiger partial charge in [0.25, 0.3) is 0 Å². The molecule has 0 bridgehead atoms. The number of rotatable bonds is 2. The summed E-state index contributed by atoms with van der Waals surface area (Å²) in [4.78, 5) is 10.9. The second-order valence-corrected chi connectivity index (χ2v) is 4.74. The molecule has 6 heteroatoms. The van der Waals surface area contributed by atoms with Crippen LogP contribution in [-0.2, 0) is 17.9 Å². The summed E-state index contributed by atoms with van der Waals surface area (Å²) in [5.41, 5.74) is 1.70. The molecular formula is C13H11ClN2O3. The highest BCUT2D eigenvalue weighted by molar-refractivity contribution is 6.31. The lowest BCUT2D eigenvalue weighted by atomic mass is 10.1. The first kappa shape index (κ1) is 12.2. The third kappa shape index (κ3) is 2.22. The lowest BCUT2D eigenvalue weighted by Crippen LogP contribution is -2.22. The van der Waals surface area contributed by atoms with Crippen molar-refractivity contribution in [1.82, 2.24) is 9.78 Å². The Bertz CT molecular complexity index is 639. The molecule has 1 aromatic heterocycles. The van der Waals surface area contributed by atoms with E-state index in [2.05, 4.69) is 5.10 Å². The van der Waals surface area contributed by atoms with Crippen LogP contribution in [0.5, 0.6) is 0 Å². The fourth-order valence-electron chi connectivity index (χ4n) is 2.15. The van der Waals surface area contributed by atoms with Gasteiger partial charge in [-0.1, -0.05) is 29.8 Å². The van der Waals surface area contributed by atoms with E-state index in [4.69, 9.17) is 21.4 Å². The quantitative estimate of drug-likeness (QED) is 0.917. The highest BCUT2D eigenvalue weighted by Gasteiger charge is 2.25. The van der Waals surface area contributed by atoms with Crippen molar-refractivity contribution in [2.45, 2.75) is 19.3 Å². The van der Waals surface area contributed by atoms with E-state index < -0.39 is 5.97 Å². The minimum Gasteiger partial charge on any atom is -0.476 e. The predicted molar refractivity (Wildman–Crippen MR) is 68.2 cm³/mol. The van der Waals surface area contributed by atoms with Crippen molar-refractivity contribution in [3.63, 3.8) is 0 Å². The Hall–Kier alpha value is -1.85. The SMILES string of the molecule is O=C(O)c1cc2n(n1)CC(c1ccccc1Cl)OC2. The second kappa shape index (κ2) is 4.68. The molecule has 0 aliphatic carbocycles. The molecule has 0 amide bonds. The highest BCUT2D eigenvalue weighted by Crippen LogP contribution is 2.30. The van der Waals surface area contributed by atoms with Gasteiger partial charge >= 0.3 is 5.97 Å². The van der Waals surface area contributed by atoms with Gasteiger partial charge in [-0.3, -0.25) is 4.68 Å². The van der Waals surface area contributed by atoms with Crippen LogP contribution in [0, 0.1) is 0 Å². The number of aromatic nitrogens is 2. The van der Waals surface area contributed by atoms with Gasteiger partial charge in [0.2, 0.25) is 0 Å². The molecule has 3 rings (SSSR count). The zero-order chi connectivity index (χ0) is 13.4. The Balaban J connectivity index is 1.90. The fraction of sp³-hybridized carbons (Fsp3) is 0.231. The minimum absolute atomic E-state index is 0.0402. The van der Waals surface area contributed by atoms with Crippen molar-refractivity contribution in [1.29, 1.82) is 0 Å². The van der Waals surface area contributed by atoms with Gasteiger partial charge in [-0.05, 0) is 12.1 Å². The van der Waals surface area contributed by atoms with Crippen LogP contribution in [0.4, 0.5) is 0 Å². The highest BCUT2D eigenvalue weighted by atomic mass is 35.5. The average molecular weight is 279 g/mol. The number of ether oxygens (including phenoxy) is 1. The van der Waals surface area contributed by atoms with E-state index in [1.54, 1.807) is 4.68 Å². The van der Waals surface area contributed by atoms with Gasteiger partial charge in [-0.15, -0.1) is 0 Å². The Morgan fingerprint density at radius 1 is 1.47 bits per heavy atom. The van der Waals surface area contributed by atoms with E-state index in [0.29, 0.717) is 18.2 Å². The summed E-state index contributed by atoms with van der Waals surface area (Å²) in [5, 5.41) is 13.6. The first-order chi connectivity index (χ1) is 9.15. The van der Waals surface area contributed by atoms with Crippen molar-refractivity contribution in [3.05, 3.63) is 52.3 Å². The maximum Gasteiger partial charge on any atom is 0.356 e. The standard InChI is InChI=1S/C13H11ClN2O3/c14-10-4-2-1-3-9(10)12-6-16-8(7-19-12)5-11(15-16)13(17)18/h1-5,12H,6-7H2,(H,17,18). The minimum atomic E-state index is -1.03. The third-order valence-corrected chi connectivity index (χ3v) is 3.45. The van der Waals surface area contributed by atoms with Crippen LogP contribution in [0.3, 0.4) is 0 Å². The number of carboxylic acid groups (broad SMARTS) is 1. The van der Waals surface area contributed by atoms with Crippen molar-refractivity contribution >= 4 is 17.6 Å². The molecule has 5 nitrogen and oxygen atoms in total. The van der Waals surface area contributed by atoms with Gasteiger partial charge in [-0.25, -0.2) is 4.79 Å². The largest absolute Gasteiger partial charge is 0.476 e. The van der Waals surface area contributed by atoms with Crippen LogP contribution < -0.4 is 0 Å². The molecule has 0 radical (unpaired) electrons. The molecule has 1 aliphatic heterocycles. The Labute approximate surface area is 114 Å². The summed E-state index contributed by atoms with van der Waals surface area (Å²) in [6, 6.07) is 8.99. The summed E-state index contributed by atoms with van der Waals surface area (Å²) >= 11 is 6.14. The zero-order valence-electron chi connectivity index (χ0n) is 9.91. The molecule has 1 aromatic carbocycles. The summed E-state index contributed by atoms with van der Waals surface area (Å²) in [6.45, 7) is 0.794. The Morgan fingerprint density at radius 2 is 2.26 bits per heavy atom. The van der Waals surface area contributed by atoms with E-state index in [-0.39, 0.29) is 11.8 Å². The van der Waals surface area contributed by atoms with Crippen LogP contribution in [0.25, 0.3) is 0 Å². The molecule has 0 saturated carbocycles. The van der Waals surface area contributed by atoms with Crippen LogP contribution in [0.15, 0.2) is 30.3 Å². The van der Waals surface area contributed by atoms with Crippen LogP contribution >= 0.6 is 11.6 Å². The smallest absolute Gasteiger partial charge is 0.356 e. The average Bonchev–Trinajstić information content (AvgIpc) is 2.82. The van der Waals surface area contributed by atoms with Gasteiger partial charge < -0.3 is 9.84 Å². The molecule has 1 atom stereocenters. The number of aromatic carboxylic acids is 1. The van der Waals surface area contributed by atoms with Crippen molar-refractivity contribution < 1.29 is 14.6 Å². The molecule has 1 aliphatic rings. The van der Waals surface area contributed by atoms with Gasteiger partial charge in [-0.2, -0.15) is 5.10 Å². The van der Waals surface area contributed by atoms with Gasteiger partial charge in [0.15, 0.2) is 5.69 Å². The molecule has 1 unspecified atom stereocenters. The molecule has 0 spiro atoms. The summed E-state index contributed by atoms with van der Waals surface area (Å²) in [5.74, 6) is -1.03. The fourth-order valence-corrected chi connectivity index (χ4v) is 2.41. The molecule has 19 heavy (non-hydrogen) atoms. The Morgan fingerprint density at radius 3 is 3.00 bits per heavy atom. The number of fused-ring (bicyclic) bond motifs is 1. The number of hydrogen-bond donors (Lipinski definition) is 1. The molecule has 1 N–H and O–H groups in total. The van der Waals surface area contributed by atoms with E-state index in [1.807, 2.05) is 24.3 Å². The number of hydrogen-bond acceptors (Lipinski definition) is 3. The Kier molecular flexibility index (Phi) is 3.00. The van der Waals surface area contributed by atoms with Crippen LogP contribution in [-0.4, -0.2) is 20.9 Å². The number of benzene rings is 1. The van der Waals surface area contributed by atoms with Crippen LogP contribution in [0.2, 0.25) is 5.02 Å². The summed E-state index contributed by atoms with van der Waals surface area (Å²) < 4.78 is 7.39. The predicted octanol–water partition coefficient (Wildman–Crippen LogP) is 2.51. The molecule has 0 fully saturated rings. The van der Waals surface area contributed by atoms with Gasteiger partial charge in [0, 0.05) is 10.6 Å². The first-order valence-corrected chi connectivity index (χ1v) is 6.19. The van der Waals surface area contributed by atoms with Crippen LogP contribution in [0.1, 0.15) is 27.8 Å². The van der Waals surface area contributed by atoms with Gasteiger partial charge in [0.05, 0.1) is 18.8 Å². The topological polar surface area (TPSA) is 64.3 Å². The van der Waals surface area contributed by atoms with Crippen molar-refractivity contribution in [3.8, 4) is 0 Å². The maximum atomic E-state index is 10.9. The molecule has 0 saturated heterocycles. The molecular weight excluding hydrogens is 268 g/mol. The van der Waals surface area contributed by atoms with Gasteiger partial charge in [0.1, 0.15) is 6.10 Å². The monoisotopic (exact) mass is 278 g/mol. The van der Waals surface area contributed by atoms with E-state index in [0.717, 1.165) is 11.3 Å². The summed E-state index contributed by atoms with van der Waals surface area (Å²) in [6.07, 6.45) is -0.206. The maximum absolute atomic E-state index is 10.9.